The zero-order valence-corrected chi connectivity index (χ0v) is 72.2. The van der Waals surface area contributed by atoms with Gasteiger partial charge in [0.05, 0.1) is 26.4 Å². The van der Waals surface area contributed by atoms with E-state index in [2.05, 4.69) is 41.5 Å². The predicted molar refractivity (Wildman–Crippen MR) is 442 cm³/mol. The summed E-state index contributed by atoms with van der Waals surface area (Å²) in [4.78, 5) is 73.3. The lowest BCUT2D eigenvalue weighted by Gasteiger charge is -2.21. The minimum atomic E-state index is -4.97. The number of carbonyl (C=O) groups is 4. The molecule has 636 valence electrons. The van der Waals surface area contributed by atoms with Gasteiger partial charge in [-0.1, -0.05) is 420 Å². The Kier molecular flexibility index (Phi) is 77.9. The standard InChI is InChI=1S/C88H172O17P2/c1-7-9-11-13-15-17-19-21-23-25-26-27-29-33-38-42-48-55-61-67-73-87(92)104-83(76-98-85(90)70-64-58-52-46-40-36-34-30-31-35-39-44-50-56-62-68-80(3)4)78-102-106(94,95)100-74-82(89)75-101-107(96,97)103-79-84(77-99-86(91)71-65-59-53-49-43-45-51-57-63-69-81(5)6)105-88(93)72-66-60-54-47-41-37-32-28-24-22-20-18-16-14-12-10-8-2/h80-84,89H,7-79H2,1-6H3,(H,94,95)(H,96,97)/t82-,83-,84-/m1/s1. The predicted octanol–water partition coefficient (Wildman–Crippen LogP) is 27.0. The van der Waals surface area contributed by atoms with Gasteiger partial charge in [-0.05, 0) is 37.5 Å². The number of aliphatic hydroxyl groups is 1. The van der Waals surface area contributed by atoms with E-state index in [0.717, 1.165) is 102 Å². The zero-order chi connectivity index (χ0) is 78.5. The number of rotatable bonds is 87. The highest BCUT2D eigenvalue weighted by Crippen LogP contribution is 2.45. The Bertz CT molecular complexity index is 2050. The van der Waals surface area contributed by atoms with Crippen LogP contribution in [0.25, 0.3) is 0 Å². The molecule has 0 bridgehead atoms. The third-order valence-corrected chi connectivity index (χ3v) is 22.6. The van der Waals surface area contributed by atoms with Crippen molar-refractivity contribution in [3.05, 3.63) is 0 Å². The molecule has 0 aliphatic rings. The van der Waals surface area contributed by atoms with Gasteiger partial charge in [0.15, 0.2) is 12.2 Å². The van der Waals surface area contributed by atoms with Gasteiger partial charge in [0, 0.05) is 25.7 Å². The van der Waals surface area contributed by atoms with E-state index in [9.17, 15) is 43.2 Å². The Balaban J connectivity index is 5.25. The molecule has 5 atom stereocenters. The molecule has 19 heteroatoms. The van der Waals surface area contributed by atoms with Gasteiger partial charge in [0.25, 0.3) is 0 Å². The Hall–Kier alpha value is -1.94. The summed E-state index contributed by atoms with van der Waals surface area (Å²) in [5.41, 5.74) is 0. The number of carbonyl (C=O) groups excluding carboxylic acids is 4. The summed E-state index contributed by atoms with van der Waals surface area (Å²) >= 11 is 0. The summed E-state index contributed by atoms with van der Waals surface area (Å²) in [5, 5.41) is 10.7. The van der Waals surface area contributed by atoms with Crippen LogP contribution in [0.2, 0.25) is 0 Å². The Labute approximate surface area is 658 Å². The third-order valence-electron chi connectivity index (χ3n) is 20.7. The van der Waals surface area contributed by atoms with Crippen LogP contribution in [0, 0.1) is 11.8 Å². The largest absolute Gasteiger partial charge is 0.472 e. The fourth-order valence-corrected chi connectivity index (χ4v) is 15.4. The maximum atomic E-state index is 13.2. The maximum absolute atomic E-state index is 13.2. The summed E-state index contributed by atoms with van der Waals surface area (Å²) in [5.74, 6) is -0.548. The summed E-state index contributed by atoms with van der Waals surface area (Å²) in [6, 6.07) is 0. The van der Waals surface area contributed by atoms with Crippen molar-refractivity contribution in [3.63, 3.8) is 0 Å². The first-order valence-electron chi connectivity index (χ1n) is 45.5. The van der Waals surface area contributed by atoms with Crippen molar-refractivity contribution in [2.45, 2.75) is 490 Å². The quantitative estimate of drug-likeness (QED) is 0.0222. The molecule has 0 amide bonds. The molecular formula is C88H172O17P2. The van der Waals surface area contributed by atoms with E-state index in [1.807, 2.05) is 0 Å². The van der Waals surface area contributed by atoms with Gasteiger partial charge in [-0.2, -0.15) is 0 Å². The van der Waals surface area contributed by atoms with E-state index >= 15 is 0 Å². The molecule has 0 aliphatic heterocycles. The van der Waals surface area contributed by atoms with Crippen LogP contribution in [-0.2, 0) is 65.4 Å². The van der Waals surface area contributed by atoms with E-state index in [1.54, 1.807) is 0 Å². The topological polar surface area (TPSA) is 237 Å². The van der Waals surface area contributed by atoms with Crippen LogP contribution in [0.1, 0.15) is 472 Å². The van der Waals surface area contributed by atoms with Crippen LogP contribution < -0.4 is 0 Å². The molecule has 0 aromatic rings. The number of aliphatic hydroxyl groups excluding tert-OH is 1. The molecule has 107 heavy (non-hydrogen) atoms. The molecule has 0 rings (SSSR count). The van der Waals surface area contributed by atoms with Crippen molar-refractivity contribution >= 4 is 39.5 Å². The Morgan fingerprint density at radius 2 is 0.430 bits per heavy atom. The lowest BCUT2D eigenvalue weighted by atomic mass is 10.0. The molecule has 0 saturated heterocycles. The van der Waals surface area contributed by atoms with Gasteiger partial charge in [-0.25, -0.2) is 9.13 Å². The molecule has 0 fully saturated rings. The summed E-state index contributed by atoms with van der Waals surface area (Å²) < 4.78 is 69.0. The molecule has 17 nitrogen and oxygen atoms in total. The molecular weight excluding hydrogens is 1390 g/mol. The number of phosphoric ester groups is 2. The lowest BCUT2D eigenvalue weighted by molar-refractivity contribution is -0.161. The first kappa shape index (κ1) is 105. The van der Waals surface area contributed by atoms with Crippen molar-refractivity contribution in [2.75, 3.05) is 39.6 Å². The average Bonchev–Trinajstić information content (AvgIpc) is 0.901. The second-order valence-corrected chi connectivity index (χ2v) is 35.5. The molecule has 2 unspecified atom stereocenters. The molecule has 0 aromatic heterocycles. The number of hydrogen-bond donors (Lipinski definition) is 3. The number of unbranched alkanes of at least 4 members (excludes halogenated alkanes) is 57. The number of ether oxygens (including phenoxy) is 4. The lowest BCUT2D eigenvalue weighted by Crippen LogP contribution is -2.30. The molecule has 0 spiro atoms. The van der Waals surface area contributed by atoms with Crippen LogP contribution in [-0.4, -0.2) is 96.7 Å². The third kappa shape index (κ3) is 81.9. The van der Waals surface area contributed by atoms with Gasteiger partial charge < -0.3 is 33.8 Å². The SMILES string of the molecule is CCCCCCCCCCCCCCCCCCCCCCC(=O)O[C@H](COC(=O)CCCCCCCCCCCCCCCCCC(C)C)COP(=O)(O)OC[C@@H](O)COP(=O)(O)OC[C@@H](COC(=O)CCCCCCCCCCCC(C)C)OC(=O)CCCCCCCCCCCCCCCCCCC. The minimum absolute atomic E-state index is 0.108. The fraction of sp³-hybridized carbons (Fsp3) is 0.955. The van der Waals surface area contributed by atoms with Crippen molar-refractivity contribution in [1.82, 2.24) is 0 Å². The molecule has 0 saturated carbocycles. The van der Waals surface area contributed by atoms with Crippen LogP contribution in [0.3, 0.4) is 0 Å². The average molecular weight is 1560 g/mol. The van der Waals surface area contributed by atoms with E-state index in [0.29, 0.717) is 25.7 Å². The van der Waals surface area contributed by atoms with Crippen LogP contribution in [0.4, 0.5) is 0 Å². The fourth-order valence-electron chi connectivity index (χ4n) is 13.8. The number of esters is 4. The number of hydrogen-bond acceptors (Lipinski definition) is 15. The van der Waals surface area contributed by atoms with E-state index in [1.165, 1.54) is 289 Å². The second kappa shape index (κ2) is 79.3. The van der Waals surface area contributed by atoms with Crippen LogP contribution >= 0.6 is 15.6 Å². The number of phosphoric acid groups is 2. The van der Waals surface area contributed by atoms with Crippen molar-refractivity contribution < 1.29 is 80.2 Å². The molecule has 0 aliphatic carbocycles. The maximum Gasteiger partial charge on any atom is 0.472 e. The minimum Gasteiger partial charge on any atom is -0.462 e. The van der Waals surface area contributed by atoms with Gasteiger partial charge in [-0.3, -0.25) is 37.3 Å². The van der Waals surface area contributed by atoms with Crippen LogP contribution in [0.5, 0.6) is 0 Å². The van der Waals surface area contributed by atoms with Gasteiger partial charge in [0.1, 0.15) is 19.3 Å². The smallest absolute Gasteiger partial charge is 0.462 e. The van der Waals surface area contributed by atoms with Crippen molar-refractivity contribution in [3.8, 4) is 0 Å². The van der Waals surface area contributed by atoms with Gasteiger partial charge >= 0.3 is 39.5 Å². The molecule has 0 radical (unpaired) electrons. The molecule has 0 heterocycles. The summed E-state index contributed by atoms with van der Waals surface area (Å²) in [7, 11) is -9.93. The first-order valence-corrected chi connectivity index (χ1v) is 48.5. The van der Waals surface area contributed by atoms with E-state index in [4.69, 9.17) is 37.0 Å². The highest BCUT2D eigenvalue weighted by molar-refractivity contribution is 7.47. The van der Waals surface area contributed by atoms with Gasteiger partial charge in [0.2, 0.25) is 0 Å². The van der Waals surface area contributed by atoms with Crippen LogP contribution in [0.15, 0.2) is 0 Å². The molecule has 3 N–H and O–H groups in total. The molecule has 0 aromatic carbocycles. The first-order chi connectivity index (χ1) is 51.9. The van der Waals surface area contributed by atoms with Crippen molar-refractivity contribution in [1.29, 1.82) is 0 Å². The van der Waals surface area contributed by atoms with Crippen molar-refractivity contribution in [2.24, 2.45) is 11.8 Å². The van der Waals surface area contributed by atoms with Gasteiger partial charge in [-0.15, -0.1) is 0 Å². The summed E-state index contributed by atoms with van der Waals surface area (Å²) in [6.45, 7) is 9.70. The highest BCUT2D eigenvalue weighted by Gasteiger charge is 2.30. The second-order valence-electron chi connectivity index (χ2n) is 32.6. The zero-order valence-electron chi connectivity index (χ0n) is 70.5. The Morgan fingerprint density at radius 3 is 0.636 bits per heavy atom. The highest BCUT2D eigenvalue weighted by atomic mass is 31.2. The Morgan fingerprint density at radius 1 is 0.252 bits per heavy atom. The monoisotopic (exact) mass is 1560 g/mol. The summed E-state index contributed by atoms with van der Waals surface area (Å²) in [6.07, 6.45) is 72.2. The van der Waals surface area contributed by atoms with E-state index < -0.39 is 97.5 Å². The van der Waals surface area contributed by atoms with E-state index in [-0.39, 0.29) is 25.7 Å². The normalized spacial score (nSPS) is 13.8.